The molecule has 182 valence electrons. The number of halogens is 1. The van der Waals surface area contributed by atoms with Crippen molar-refractivity contribution in [1.29, 1.82) is 0 Å². The highest BCUT2D eigenvalue weighted by Crippen LogP contribution is 2.20. The fraction of sp³-hybridized carbons (Fsp3) is 0.130. The highest BCUT2D eigenvalue weighted by molar-refractivity contribution is 7.92. The van der Waals surface area contributed by atoms with E-state index in [4.69, 9.17) is 16.3 Å². The second kappa shape index (κ2) is 11.4. The molecule has 0 radical (unpaired) electrons. The summed E-state index contributed by atoms with van der Waals surface area (Å²) in [6, 6.07) is 19.0. The van der Waals surface area contributed by atoms with Crippen LogP contribution in [0.3, 0.4) is 0 Å². The van der Waals surface area contributed by atoms with Gasteiger partial charge >= 0.3 is 0 Å². The van der Waals surface area contributed by atoms with Gasteiger partial charge in [-0.3, -0.25) is 19.2 Å². The zero-order valence-corrected chi connectivity index (χ0v) is 20.1. The molecule has 35 heavy (non-hydrogen) atoms. The number of benzene rings is 3. The molecule has 0 unspecified atom stereocenters. The average molecular weight is 517 g/mol. The van der Waals surface area contributed by atoms with E-state index in [2.05, 4.69) is 10.5 Å². The number of carbonyl (C=O) groups excluding carboxylic acids is 1. The third-order valence-electron chi connectivity index (χ3n) is 4.64. The first-order valence-corrected chi connectivity index (χ1v) is 12.4. The number of nitrogens with one attached hydrogen (secondary N) is 1. The first-order valence-electron chi connectivity index (χ1n) is 10.1. The van der Waals surface area contributed by atoms with E-state index in [1.165, 1.54) is 42.6 Å². The second-order valence-corrected chi connectivity index (χ2v) is 9.66. The van der Waals surface area contributed by atoms with Crippen LogP contribution in [0.2, 0.25) is 5.02 Å². The maximum Gasteiger partial charge on any atom is 0.269 e. The SMILES string of the molecule is CS(=O)(=O)N(CC(=O)N/N=C\c1ccc(OCc2ccc([N+](=O)[O-])cc2)cc1)c1ccc(Cl)cc1. The van der Waals surface area contributed by atoms with Crippen LogP contribution in [0.1, 0.15) is 11.1 Å². The Morgan fingerprint density at radius 2 is 1.71 bits per heavy atom. The molecule has 3 aromatic carbocycles. The van der Waals surface area contributed by atoms with E-state index < -0.39 is 27.4 Å². The Kier molecular flexibility index (Phi) is 8.39. The standard InChI is InChI=1S/C23H21ClN4O6S/c1-35(32,33)27(20-10-6-19(24)7-11-20)15-23(29)26-25-14-17-4-12-22(13-5-17)34-16-18-2-8-21(9-3-18)28(30)31/h2-14H,15-16H2,1H3,(H,26,29)/b25-14-. The number of carbonyl (C=O) groups is 1. The number of hydrogen-bond acceptors (Lipinski definition) is 7. The topological polar surface area (TPSA) is 131 Å². The lowest BCUT2D eigenvalue weighted by Crippen LogP contribution is -2.38. The predicted octanol–water partition coefficient (Wildman–Crippen LogP) is 3.74. The first-order chi connectivity index (χ1) is 16.6. The van der Waals surface area contributed by atoms with Crippen molar-refractivity contribution in [3.05, 3.63) is 99.1 Å². The summed E-state index contributed by atoms with van der Waals surface area (Å²) in [4.78, 5) is 22.5. The van der Waals surface area contributed by atoms with Crippen LogP contribution in [-0.2, 0) is 21.4 Å². The largest absolute Gasteiger partial charge is 0.489 e. The summed E-state index contributed by atoms with van der Waals surface area (Å²) in [5.74, 6) is -0.0408. The van der Waals surface area contributed by atoms with Crippen LogP contribution in [-0.4, -0.2) is 38.3 Å². The smallest absolute Gasteiger partial charge is 0.269 e. The van der Waals surface area contributed by atoms with Crippen LogP contribution in [0.5, 0.6) is 5.75 Å². The van der Waals surface area contributed by atoms with Crippen LogP contribution in [0, 0.1) is 10.1 Å². The number of ether oxygens (including phenoxy) is 1. The minimum Gasteiger partial charge on any atom is -0.489 e. The number of sulfonamides is 1. The fourth-order valence-corrected chi connectivity index (χ4v) is 3.87. The summed E-state index contributed by atoms with van der Waals surface area (Å²) >= 11 is 5.84. The quantitative estimate of drug-likeness (QED) is 0.248. The van der Waals surface area contributed by atoms with Crippen molar-refractivity contribution in [3.8, 4) is 5.75 Å². The van der Waals surface area contributed by atoms with E-state index in [9.17, 15) is 23.3 Å². The van der Waals surface area contributed by atoms with Gasteiger partial charge < -0.3 is 4.74 Å². The number of nitro benzene ring substituents is 1. The minimum absolute atomic E-state index is 0.0125. The van der Waals surface area contributed by atoms with Gasteiger partial charge in [-0.2, -0.15) is 5.10 Å². The normalized spacial score (nSPS) is 11.3. The van der Waals surface area contributed by atoms with Gasteiger partial charge in [0.2, 0.25) is 10.0 Å². The highest BCUT2D eigenvalue weighted by Gasteiger charge is 2.20. The molecule has 0 fully saturated rings. The zero-order chi connectivity index (χ0) is 25.4. The van der Waals surface area contributed by atoms with E-state index >= 15 is 0 Å². The van der Waals surface area contributed by atoms with Gasteiger partial charge in [0.1, 0.15) is 18.9 Å². The number of non-ortho nitro benzene ring substituents is 1. The molecule has 0 aromatic heterocycles. The third kappa shape index (κ3) is 7.80. The Morgan fingerprint density at radius 1 is 1.09 bits per heavy atom. The summed E-state index contributed by atoms with van der Waals surface area (Å²) in [7, 11) is -3.71. The number of nitro groups is 1. The molecule has 10 nitrogen and oxygen atoms in total. The maximum atomic E-state index is 12.2. The van der Waals surface area contributed by atoms with Gasteiger partial charge in [-0.25, -0.2) is 13.8 Å². The van der Waals surface area contributed by atoms with Crippen molar-refractivity contribution in [2.75, 3.05) is 17.1 Å². The Hall–Kier alpha value is -3.96. The van der Waals surface area contributed by atoms with Crippen molar-refractivity contribution < 1.29 is 22.9 Å². The van der Waals surface area contributed by atoms with E-state index in [0.717, 1.165) is 16.1 Å². The molecule has 0 bridgehead atoms. The molecule has 0 spiro atoms. The van der Waals surface area contributed by atoms with Gasteiger partial charge in [-0.05, 0) is 71.8 Å². The van der Waals surface area contributed by atoms with Crippen LogP contribution in [0.25, 0.3) is 0 Å². The number of nitrogens with zero attached hydrogens (tertiary/aromatic N) is 3. The monoisotopic (exact) mass is 516 g/mol. The molecule has 1 amide bonds. The van der Waals surface area contributed by atoms with Crippen LogP contribution >= 0.6 is 11.6 Å². The Balaban J connectivity index is 1.52. The molecule has 1 N–H and O–H groups in total. The number of hydrogen-bond donors (Lipinski definition) is 1. The maximum absolute atomic E-state index is 12.2. The van der Waals surface area contributed by atoms with Gasteiger partial charge in [0.25, 0.3) is 11.6 Å². The molecule has 3 aromatic rings. The lowest BCUT2D eigenvalue weighted by molar-refractivity contribution is -0.384. The molecule has 3 rings (SSSR count). The van der Waals surface area contributed by atoms with E-state index in [-0.39, 0.29) is 12.3 Å². The lowest BCUT2D eigenvalue weighted by Gasteiger charge is -2.21. The molecule has 0 aliphatic rings. The first kappa shape index (κ1) is 25.7. The number of rotatable bonds is 10. The Bertz CT molecular complexity index is 1310. The van der Waals surface area contributed by atoms with Crippen molar-refractivity contribution in [3.63, 3.8) is 0 Å². The Morgan fingerprint density at radius 3 is 2.29 bits per heavy atom. The summed E-state index contributed by atoms with van der Waals surface area (Å²) in [5.41, 5.74) is 4.08. The minimum atomic E-state index is -3.71. The molecular formula is C23H21ClN4O6S. The van der Waals surface area contributed by atoms with E-state index in [1.807, 2.05) is 0 Å². The van der Waals surface area contributed by atoms with Gasteiger partial charge in [0.05, 0.1) is 23.1 Å². The van der Waals surface area contributed by atoms with E-state index in [1.54, 1.807) is 36.4 Å². The van der Waals surface area contributed by atoms with Gasteiger partial charge in [0, 0.05) is 17.2 Å². The molecule has 0 saturated heterocycles. The summed E-state index contributed by atoms with van der Waals surface area (Å²) < 4.78 is 30.8. The molecule has 0 heterocycles. The highest BCUT2D eigenvalue weighted by atomic mass is 35.5. The van der Waals surface area contributed by atoms with Gasteiger partial charge in [-0.1, -0.05) is 11.6 Å². The van der Waals surface area contributed by atoms with Crippen LogP contribution < -0.4 is 14.5 Å². The van der Waals surface area contributed by atoms with E-state index in [0.29, 0.717) is 22.0 Å². The fourth-order valence-electron chi connectivity index (χ4n) is 2.88. The second-order valence-electron chi connectivity index (χ2n) is 7.32. The number of hydrazone groups is 1. The van der Waals surface area contributed by atoms with Gasteiger partial charge in [0.15, 0.2) is 0 Å². The molecule has 12 heteroatoms. The zero-order valence-electron chi connectivity index (χ0n) is 18.5. The summed E-state index contributed by atoms with van der Waals surface area (Å²) in [6.45, 7) is -0.209. The number of anilines is 1. The van der Waals surface area contributed by atoms with Gasteiger partial charge in [-0.15, -0.1) is 0 Å². The summed E-state index contributed by atoms with van der Waals surface area (Å²) in [5, 5.41) is 15.0. The Labute approximate surface area is 207 Å². The molecule has 0 atom stereocenters. The summed E-state index contributed by atoms with van der Waals surface area (Å²) in [6.07, 6.45) is 2.41. The van der Waals surface area contributed by atoms with Crippen LogP contribution in [0.15, 0.2) is 77.9 Å². The molecule has 0 aliphatic carbocycles. The molecule has 0 saturated carbocycles. The van der Waals surface area contributed by atoms with Crippen molar-refractivity contribution in [1.82, 2.24) is 5.43 Å². The van der Waals surface area contributed by atoms with Crippen molar-refractivity contribution in [2.24, 2.45) is 5.10 Å². The predicted molar refractivity (Wildman–Crippen MR) is 133 cm³/mol. The molecular weight excluding hydrogens is 496 g/mol. The lowest BCUT2D eigenvalue weighted by atomic mass is 10.2. The molecule has 0 aliphatic heterocycles. The van der Waals surface area contributed by atoms with Crippen molar-refractivity contribution >= 4 is 45.1 Å². The van der Waals surface area contributed by atoms with Crippen LogP contribution in [0.4, 0.5) is 11.4 Å². The number of amides is 1. The third-order valence-corrected chi connectivity index (χ3v) is 6.03. The average Bonchev–Trinajstić information content (AvgIpc) is 2.82. The van der Waals surface area contributed by atoms with Crippen molar-refractivity contribution in [2.45, 2.75) is 6.61 Å².